The van der Waals surface area contributed by atoms with Crippen molar-refractivity contribution in [1.29, 1.82) is 0 Å². The van der Waals surface area contributed by atoms with Crippen LogP contribution in [-0.4, -0.2) is 19.7 Å². The van der Waals surface area contributed by atoms with Gasteiger partial charge in [0.2, 0.25) is 0 Å². The Bertz CT molecular complexity index is 512. The highest BCUT2D eigenvalue weighted by Gasteiger charge is 2.15. The Morgan fingerprint density at radius 2 is 2.06 bits per heavy atom. The number of carbonyl (C=O) groups is 1. The zero-order valence-corrected chi connectivity index (χ0v) is 10.6. The monoisotopic (exact) mass is 244 g/mol. The molecule has 1 aliphatic rings. The first kappa shape index (κ1) is 12.6. The fourth-order valence-corrected chi connectivity index (χ4v) is 1.97. The minimum atomic E-state index is -0.347. The summed E-state index contributed by atoms with van der Waals surface area (Å²) in [5.41, 5.74) is 4.53. The van der Waals surface area contributed by atoms with Crippen LogP contribution < -0.4 is 0 Å². The van der Waals surface area contributed by atoms with Gasteiger partial charge in [-0.3, -0.25) is 0 Å². The van der Waals surface area contributed by atoms with E-state index in [-0.39, 0.29) is 5.97 Å². The fourth-order valence-electron chi connectivity index (χ4n) is 1.97. The van der Waals surface area contributed by atoms with Gasteiger partial charge >= 0.3 is 5.97 Å². The summed E-state index contributed by atoms with van der Waals surface area (Å²) in [7, 11) is 1.37. The van der Waals surface area contributed by atoms with Gasteiger partial charge in [0.1, 0.15) is 0 Å². The molecule has 1 aliphatic heterocycles. The number of carbonyl (C=O) groups excluding carboxylic acids is 1. The molecule has 1 aromatic rings. The number of esters is 1. The van der Waals surface area contributed by atoms with Gasteiger partial charge in [-0.15, -0.1) is 0 Å². The van der Waals surface area contributed by atoms with Crippen molar-refractivity contribution in [3.8, 4) is 0 Å². The first-order valence-corrected chi connectivity index (χ1v) is 5.84. The van der Waals surface area contributed by atoms with Crippen molar-refractivity contribution >= 4 is 11.5 Å². The zero-order chi connectivity index (χ0) is 13.0. The average Bonchev–Trinajstić information content (AvgIpc) is 2.43. The number of ether oxygens (including phenoxy) is 2. The minimum Gasteiger partial charge on any atom is -0.466 e. The van der Waals surface area contributed by atoms with Gasteiger partial charge in [0.25, 0.3) is 0 Å². The Kier molecular flexibility index (Phi) is 3.95. The topological polar surface area (TPSA) is 35.5 Å². The van der Waals surface area contributed by atoms with Crippen molar-refractivity contribution in [1.82, 2.24) is 0 Å². The van der Waals surface area contributed by atoms with E-state index in [2.05, 4.69) is 16.9 Å². The number of hydrogen-bond acceptors (Lipinski definition) is 3. The molecular weight excluding hydrogens is 228 g/mol. The smallest absolute Gasteiger partial charge is 0.330 e. The Morgan fingerprint density at radius 1 is 1.28 bits per heavy atom. The van der Waals surface area contributed by atoms with Crippen molar-refractivity contribution in [2.24, 2.45) is 0 Å². The summed E-state index contributed by atoms with van der Waals surface area (Å²) in [6, 6.07) is 8.17. The number of fused-ring (bicyclic) bond motifs is 1. The molecule has 3 nitrogen and oxygen atoms in total. The highest BCUT2D eigenvalue weighted by Crippen LogP contribution is 2.28. The molecule has 1 heterocycles. The van der Waals surface area contributed by atoms with Gasteiger partial charge in [0.15, 0.2) is 0 Å². The van der Waals surface area contributed by atoms with Crippen LogP contribution in [0, 0.1) is 0 Å². The van der Waals surface area contributed by atoms with Crippen molar-refractivity contribution in [3.05, 3.63) is 53.1 Å². The summed E-state index contributed by atoms with van der Waals surface area (Å²) in [4.78, 5) is 11.1. The maximum atomic E-state index is 11.1. The van der Waals surface area contributed by atoms with Crippen molar-refractivity contribution < 1.29 is 14.3 Å². The Labute approximate surface area is 107 Å². The summed E-state index contributed by atoms with van der Waals surface area (Å²) in [5.74, 6) is -0.347. The normalized spacial score (nSPS) is 17.4. The van der Waals surface area contributed by atoms with E-state index in [0.717, 1.165) is 11.1 Å². The van der Waals surface area contributed by atoms with E-state index in [0.29, 0.717) is 13.2 Å². The Hall–Kier alpha value is -1.87. The maximum absolute atomic E-state index is 11.1. The number of benzene rings is 1. The third-order valence-electron chi connectivity index (χ3n) is 2.99. The quantitative estimate of drug-likeness (QED) is 0.592. The second kappa shape index (κ2) is 5.65. The second-order valence-electron chi connectivity index (χ2n) is 4.17. The van der Waals surface area contributed by atoms with Crippen LogP contribution in [0.5, 0.6) is 0 Å². The zero-order valence-electron chi connectivity index (χ0n) is 10.6. The lowest BCUT2D eigenvalue weighted by atomic mass is 9.95. The van der Waals surface area contributed by atoms with E-state index in [1.54, 1.807) is 6.08 Å². The van der Waals surface area contributed by atoms with Gasteiger partial charge in [-0.05, 0) is 29.2 Å². The summed E-state index contributed by atoms with van der Waals surface area (Å²) in [5, 5.41) is 0. The van der Waals surface area contributed by atoms with Crippen molar-refractivity contribution in [2.75, 3.05) is 13.7 Å². The molecule has 0 saturated heterocycles. The molecule has 3 heteroatoms. The van der Waals surface area contributed by atoms with E-state index < -0.39 is 0 Å². The van der Waals surface area contributed by atoms with Crippen LogP contribution >= 0.6 is 0 Å². The van der Waals surface area contributed by atoms with Gasteiger partial charge < -0.3 is 9.47 Å². The van der Waals surface area contributed by atoms with Crippen LogP contribution in [0.25, 0.3) is 5.57 Å². The molecule has 0 spiro atoms. The molecule has 0 saturated carbocycles. The number of allylic oxidation sites excluding steroid dienone is 2. The van der Waals surface area contributed by atoms with E-state index in [1.807, 2.05) is 19.1 Å². The molecule has 94 valence electrons. The highest BCUT2D eigenvalue weighted by atomic mass is 16.5. The van der Waals surface area contributed by atoms with Crippen LogP contribution in [0.1, 0.15) is 18.1 Å². The lowest BCUT2D eigenvalue weighted by Crippen LogP contribution is -2.10. The van der Waals surface area contributed by atoms with E-state index >= 15 is 0 Å². The third-order valence-corrected chi connectivity index (χ3v) is 2.99. The Morgan fingerprint density at radius 3 is 2.83 bits per heavy atom. The largest absolute Gasteiger partial charge is 0.466 e. The van der Waals surface area contributed by atoms with Crippen LogP contribution in [0.2, 0.25) is 0 Å². The maximum Gasteiger partial charge on any atom is 0.330 e. The van der Waals surface area contributed by atoms with Gasteiger partial charge in [0.05, 0.1) is 20.3 Å². The molecule has 0 amide bonds. The predicted octanol–water partition coefficient (Wildman–Crippen LogP) is 2.72. The SMILES string of the molecule is COC(=O)/C=C/C(C)=C1/COCc2ccccc21. The summed E-state index contributed by atoms with van der Waals surface area (Å²) >= 11 is 0. The molecule has 0 unspecified atom stereocenters. The Balaban J connectivity index is 2.34. The molecule has 2 rings (SSSR count). The molecule has 0 atom stereocenters. The first-order chi connectivity index (χ1) is 8.72. The standard InChI is InChI=1S/C15H16O3/c1-11(7-8-15(16)17-2)14-10-18-9-12-5-3-4-6-13(12)14/h3-8H,9-10H2,1-2H3/b8-7+,14-11-. The number of methoxy groups -OCH3 is 1. The molecule has 18 heavy (non-hydrogen) atoms. The molecule has 0 N–H and O–H groups in total. The number of hydrogen-bond donors (Lipinski definition) is 0. The summed E-state index contributed by atoms with van der Waals surface area (Å²) in [6.45, 7) is 3.20. The second-order valence-corrected chi connectivity index (χ2v) is 4.17. The first-order valence-electron chi connectivity index (χ1n) is 5.84. The van der Waals surface area contributed by atoms with Crippen molar-refractivity contribution in [3.63, 3.8) is 0 Å². The van der Waals surface area contributed by atoms with Gasteiger partial charge in [0, 0.05) is 6.08 Å². The summed E-state index contributed by atoms with van der Waals surface area (Å²) in [6.07, 6.45) is 3.20. The molecule has 0 aliphatic carbocycles. The fraction of sp³-hybridized carbons (Fsp3) is 0.267. The van der Waals surface area contributed by atoms with Gasteiger partial charge in [-0.2, -0.15) is 0 Å². The van der Waals surface area contributed by atoms with E-state index in [4.69, 9.17) is 4.74 Å². The highest BCUT2D eigenvalue weighted by molar-refractivity contribution is 5.83. The molecular formula is C15H16O3. The van der Waals surface area contributed by atoms with Crippen LogP contribution in [-0.2, 0) is 20.9 Å². The van der Waals surface area contributed by atoms with E-state index in [9.17, 15) is 4.79 Å². The van der Waals surface area contributed by atoms with E-state index in [1.165, 1.54) is 24.3 Å². The number of rotatable bonds is 2. The predicted molar refractivity (Wildman–Crippen MR) is 69.8 cm³/mol. The molecule has 0 radical (unpaired) electrons. The lowest BCUT2D eigenvalue weighted by Gasteiger charge is -2.20. The van der Waals surface area contributed by atoms with Crippen molar-refractivity contribution in [2.45, 2.75) is 13.5 Å². The molecule has 1 aromatic carbocycles. The van der Waals surface area contributed by atoms with Crippen LogP contribution in [0.4, 0.5) is 0 Å². The van der Waals surface area contributed by atoms with Crippen LogP contribution in [0.3, 0.4) is 0 Å². The molecule has 0 bridgehead atoms. The molecule has 0 fully saturated rings. The minimum absolute atomic E-state index is 0.347. The van der Waals surface area contributed by atoms with Gasteiger partial charge in [-0.1, -0.05) is 30.3 Å². The third kappa shape index (κ3) is 2.68. The lowest BCUT2D eigenvalue weighted by molar-refractivity contribution is -0.134. The average molecular weight is 244 g/mol. The molecule has 0 aromatic heterocycles. The van der Waals surface area contributed by atoms with Gasteiger partial charge in [-0.25, -0.2) is 4.79 Å². The van der Waals surface area contributed by atoms with Crippen LogP contribution in [0.15, 0.2) is 42.0 Å². The summed E-state index contributed by atoms with van der Waals surface area (Å²) < 4.78 is 10.1.